The molecular weight excluding hydrogens is 280 g/mol. The van der Waals surface area contributed by atoms with Gasteiger partial charge in [0.2, 0.25) is 0 Å². The van der Waals surface area contributed by atoms with E-state index in [-0.39, 0.29) is 12.1 Å². The van der Waals surface area contributed by atoms with Crippen molar-refractivity contribution >= 4 is 11.7 Å². The van der Waals surface area contributed by atoms with Crippen LogP contribution in [0, 0.1) is 5.92 Å². The summed E-state index contributed by atoms with van der Waals surface area (Å²) >= 11 is 0. The molecule has 1 N–H and O–H groups in total. The lowest BCUT2D eigenvalue weighted by Crippen LogP contribution is -2.34. The highest BCUT2D eigenvalue weighted by atomic mass is 16.5. The van der Waals surface area contributed by atoms with Gasteiger partial charge in [-0.3, -0.25) is 0 Å². The largest absolute Gasteiger partial charge is 0.492 e. The Morgan fingerprint density at radius 1 is 1.32 bits per heavy atom. The number of carbonyl (C=O) groups is 1. The minimum atomic E-state index is -0.0790. The molecule has 1 atom stereocenters. The smallest absolute Gasteiger partial charge is 0.322 e. The van der Waals surface area contributed by atoms with Crippen LogP contribution in [-0.4, -0.2) is 43.3 Å². The van der Waals surface area contributed by atoms with Gasteiger partial charge in [0.15, 0.2) is 0 Å². The summed E-state index contributed by atoms with van der Waals surface area (Å²) in [7, 11) is 0. The van der Waals surface area contributed by atoms with Gasteiger partial charge in [0, 0.05) is 19.7 Å². The number of amides is 2. The summed E-state index contributed by atoms with van der Waals surface area (Å²) in [6.07, 6.45) is 3.71. The molecule has 1 saturated heterocycles. The predicted octanol–water partition coefficient (Wildman–Crippen LogP) is 3.12. The van der Waals surface area contributed by atoms with Crippen molar-refractivity contribution in [2.75, 3.05) is 31.6 Å². The molecule has 0 spiro atoms. The molecule has 1 saturated carbocycles. The summed E-state index contributed by atoms with van der Waals surface area (Å²) in [6.45, 7) is 4.79. The van der Waals surface area contributed by atoms with Gasteiger partial charge < -0.3 is 19.7 Å². The van der Waals surface area contributed by atoms with E-state index in [2.05, 4.69) is 5.32 Å². The molecule has 0 bridgehead atoms. The Kier molecular flexibility index (Phi) is 4.83. The van der Waals surface area contributed by atoms with Crippen LogP contribution >= 0.6 is 0 Å². The Balaban J connectivity index is 1.51. The van der Waals surface area contributed by atoms with E-state index in [0.29, 0.717) is 18.9 Å². The first kappa shape index (κ1) is 15.2. The molecule has 3 rings (SSSR count). The molecule has 22 heavy (non-hydrogen) atoms. The van der Waals surface area contributed by atoms with E-state index in [4.69, 9.17) is 9.47 Å². The van der Waals surface area contributed by atoms with Crippen LogP contribution in [0.15, 0.2) is 24.3 Å². The molecule has 0 aromatic heterocycles. The van der Waals surface area contributed by atoms with Crippen LogP contribution in [0.4, 0.5) is 10.5 Å². The Hall–Kier alpha value is -1.75. The van der Waals surface area contributed by atoms with Crippen LogP contribution in [0.25, 0.3) is 0 Å². The van der Waals surface area contributed by atoms with Gasteiger partial charge in [0.05, 0.1) is 18.4 Å². The number of nitrogens with zero attached hydrogens (tertiary/aromatic N) is 1. The first-order valence-electron chi connectivity index (χ1n) is 8.15. The number of likely N-dealkylation sites (tertiary alicyclic amines) is 1. The number of carbonyl (C=O) groups excluding carboxylic acids is 1. The lowest BCUT2D eigenvalue weighted by atomic mass is 10.3. The number of hydrogen-bond donors (Lipinski definition) is 1. The number of para-hydroxylation sites is 2. The molecule has 5 heteroatoms. The van der Waals surface area contributed by atoms with Gasteiger partial charge in [-0.15, -0.1) is 0 Å². The van der Waals surface area contributed by atoms with Crippen LogP contribution in [-0.2, 0) is 4.74 Å². The van der Waals surface area contributed by atoms with Crippen LogP contribution in [0.3, 0.4) is 0 Å². The lowest BCUT2D eigenvalue weighted by Gasteiger charge is -2.19. The molecule has 1 aliphatic heterocycles. The maximum atomic E-state index is 12.4. The average molecular weight is 304 g/mol. The molecule has 1 aromatic carbocycles. The van der Waals surface area contributed by atoms with Crippen LogP contribution in [0.2, 0.25) is 0 Å². The van der Waals surface area contributed by atoms with Gasteiger partial charge in [-0.1, -0.05) is 12.1 Å². The van der Waals surface area contributed by atoms with Crippen molar-refractivity contribution in [2.24, 2.45) is 5.92 Å². The van der Waals surface area contributed by atoms with Crippen molar-refractivity contribution in [3.8, 4) is 5.75 Å². The lowest BCUT2D eigenvalue weighted by molar-refractivity contribution is 0.0542. The van der Waals surface area contributed by atoms with Crippen LogP contribution < -0.4 is 10.1 Å². The molecule has 1 heterocycles. The summed E-state index contributed by atoms with van der Waals surface area (Å²) in [5, 5.41) is 2.94. The number of urea groups is 1. The summed E-state index contributed by atoms with van der Waals surface area (Å²) in [4.78, 5) is 14.2. The van der Waals surface area contributed by atoms with Gasteiger partial charge >= 0.3 is 6.03 Å². The Morgan fingerprint density at radius 3 is 2.91 bits per heavy atom. The van der Waals surface area contributed by atoms with Gasteiger partial charge in [-0.25, -0.2) is 4.79 Å². The summed E-state index contributed by atoms with van der Waals surface area (Å²) in [6, 6.07) is 7.44. The van der Waals surface area contributed by atoms with E-state index >= 15 is 0 Å². The molecule has 1 aromatic rings. The van der Waals surface area contributed by atoms with Crippen molar-refractivity contribution in [3.05, 3.63) is 24.3 Å². The predicted molar refractivity (Wildman–Crippen MR) is 85.3 cm³/mol. The second kappa shape index (κ2) is 7.01. The fraction of sp³-hybridized carbons (Fsp3) is 0.588. The summed E-state index contributed by atoms with van der Waals surface area (Å²) in [5.41, 5.74) is 0.719. The fourth-order valence-corrected chi connectivity index (χ4v) is 2.65. The Bertz CT molecular complexity index is 516. The number of hydrogen-bond acceptors (Lipinski definition) is 3. The Morgan fingerprint density at radius 2 is 2.14 bits per heavy atom. The minimum absolute atomic E-state index is 0.0790. The molecule has 2 fully saturated rings. The highest BCUT2D eigenvalue weighted by Gasteiger charge is 2.29. The molecule has 0 radical (unpaired) electrons. The Labute approximate surface area is 131 Å². The molecule has 5 nitrogen and oxygen atoms in total. The van der Waals surface area contributed by atoms with Crippen LogP contribution in [0.1, 0.15) is 26.2 Å². The highest BCUT2D eigenvalue weighted by Crippen LogP contribution is 2.30. The third-order valence-electron chi connectivity index (χ3n) is 4.13. The normalized spacial score (nSPS) is 21.0. The van der Waals surface area contributed by atoms with E-state index < -0.39 is 0 Å². The molecule has 2 amide bonds. The first-order chi connectivity index (χ1) is 10.8. The van der Waals surface area contributed by atoms with Crippen molar-refractivity contribution in [2.45, 2.75) is 32.3 Å². The monoisotopic (exact) mass is 304 g/mol. The van der Waals surface area contributed by atoms with Gasteiger partial charge in [-0.05, 0) is 44.2 Å². The second-order valence-electron chi connectivity index (χ2n) is 5.99. The maximum absolute atomic E-state index is 12.4. The van der Waals surface area contributed by atoms with Crippen molar-refractivity contribution < 1.29 is 14.3 Å². The fourth-order valence-electron chi connectivity index (χ4n) is 2.65. The van der Waals surface area contributed by atoms with E-state index in [1.807, 2.05) is 36.1 Å². The van der Waals surface area contributed by atoms with Gasteiger partial charge in [-0.2, -0.15) is 0 Å². The average Bonchev–Trinajstić information content (AvgIpc) is 3.23. The maximum Gasteiger partial charge on any atom is 0.322 e. The standard InChI is InChI=1S/C17H24N2O3/c1-2-21-16-6-4-3-5-15(16)18-17(20)19-10-9-14(11-19)22-12-13-7-8-13/h3-6,13-14H,2,7-12H2,1H3,(H,18,20). The third-order valence-corrected chi connectivity index (χ3v) is 4.13. The minimum Gasteiger partial charge on any atom is -0.492 e. The van der Waals surface area contributed by atoms with E-state index in [0.717, 1.165) is 31.2 Å². The topological polar surface area (TPSA) is 50.8 Å². The van der Waals surface area contributed by atoms with Crippen molar-refractivity contribution in [3.63, 3.8) is 0 Å². The molecular formula is C17H24N2O3. The number of benzene rings is 1. The molecule has 1 unspecified atom stereocenters. The highest BCUT2D eigenvalue weighted by molar-refractivity contribution is 5.91. The SMILES string of the molecule is CCOc1ccccc1NC(=O)N1CCC(OCC2CC2)C1. The number of nitrogens with one attached hydrogen (secondary N) is 1. The zero-order chi connectivity index (χ0) is 15.4. The summed E-state index contributed by atoms with van der Waals surface area (Å²) in [5.74, 6) is 1.47. The molecule has 1 aliphatic carbocycles. The number of anilines is 1. The zero-order valence-corrected chi connectivity index (χ0v) is 13.1. The van der Waals surface area contributed by atoms with E-state index in [1.54, 1.807) is 0 Å². The van der Waals surface area contributed by atoms with E-state index in [9.17, 15) is 4.79 Å². The van der Waals surface area contributed by atoms with Crippen molar-refractivity contribution in [1.82, 2.24) is 4.90 Å². The van der Waals surface area contributed by atoms with Crippen molar-refractivity contribution in [1.29, 1.82) is 0 Å². The zero-order valence-electron chi connectivity index (χ0n) is 13.1. The second-order valence-corrected chi connectivity index (χ2v) is 5.99. The van der Waals surface area contributed by atoms with E-state index in [1.165, 1.54) is 12.8 Å². The molecule has 120 valence electrons. The quantitative estimate of drug-likeness (QED) is 0.878. The summed E-state index contributed by atoms with van der Waals surface area (Å²) < 4.78 is 11.4. The first-order valence-corrected chi connectivity index (χ1v) is 8.15. The van der Waals surface area contributed by atoms with Crippen LogP contribution in [0.5, 0.6) is 5.75 Å². The van der Waals surface area contributed by atoms with Gasteiger partial charge in [0.1, 0.15) is 5.75 Å². The molecule has 2 aliphatic rings. The number of ether oxygens (including phenoxy) is 2. The van der Waals surface area contributed by atoms with Gasteiger partial charge in [0.25, 0.3) is 0 Å². The number of rotatable bonds is 6. The third kappa shape index (κ3) is 3.91.